The number of H-pyrrole nitrogens is 1. The number of carbonyl (C=O) groups is 3. The summed E-state index contributed by atoms with van der Waals surface area (Å²) >= 11 is 0. The minimum absolute atomic E-state index is 0.0659. The summed E-state index contributed by atoms with van der Waals surface area (Å²) < 4.78 is 0. The Labute approximate surface area is 171 Å². The van der Waals surface area contributed by atoms with Gasteiger partial charge in [-0.1, -0.05) is 12.1 Å². The molecule has 30 heavy (non-hydrogen) atoms. The Kier molecular flexibility index (Phi) is 5.13. The van der Waals surface area contributed by atoms with Gasteiger partial charge in [0, 0.05) is 59.5 Å². The molecule has 2 amide bonds. The predicted octanol–water partition coefficient (Wildman–Crippen LogP) is 2.61. The van der Waals surface area contributed by atoms with E-state index in [4.69, 9.17) is 5.11 Å². The van der Waals surface area contributed by atoms with E-state index in [-0.39, 0.29) is 5.91 Å². The van der Waals surface area contributed by atoms with E-state index in [9.17, 15) is 14.4 Å². The summed E-state index contributed by atoms with van der Waals surface area (Å²) in [7, 11) is 0. The maximum absolute atomic E-state index is 12.0. The highest BCUT2D eigenvalue weighted by atomic mass is 16.4. The van der Waals surface area contributed by atoms with Gasteiger partial charge in [0.2, 0.25) is 5.91 Å². The first-order valence-corrected chi connectivity index (χ1v) is 9.28. The van der Waals surface area contributed by atoms with Crippen molar-refractivity contribution >= 4 is 23.5 Å². The fraction of sp³-hybridized carbons (Fsp3) is 0.0909. The third kappa shape index (κ3) is 4.12. The van der Waals surface area contributed by atoms with Gasteiger partial charge in [0.15, 0.2) is 0 Å². The lowest BCUT2D eigenvalue weighted by Crippen LogP contribution is -2.31. The number of aromatic amines is 1. The zero-order chi connectivity index (χ0) is 21.1. The molecule has 0 spiro atoms. The number of carbonyl (C=O) groups excluding carboxylic acids is 2. The number of benzene rings is 1. The first kappa shape index (κ1) is 19.1. The van der Waals surface area contributed by atoms with Gasteiger partial charge in [0.1, 0.15) is 0 Å². The Morgan fingerprint density at radius 2 is 1.87 bits per heavy atom. The number of fused-ring (bicyclic) bond motifs is 1. The van der Waals surface area contributed by atoms with Crippen molar-refractivity contribution < 1.29 is 19.5 Å². The summed E-state index contributed by atoms with van der Waals surface area (Å²) in [6.07, 6.45) is 4.21. The topological polar surface area (TPSA) is 124 Å². The van der Waals surface area contributed by atoms with E-state index in [1.165, 1.54) is 0 Å². The van der Waals surface area contributed by atoms with Gasteiger partial charge in [-0.15, -0.1) is 0 Å². The summed E-state index contributed by atoms with van der Waals surface area (Å²) in [6, 6.07) is 12.7. The van der Waals surface area contributed by atoms with Crippen LogP contribution in [0.4, 0.5) is 5.69 Å². The first-order chi connectivity index (χ1) is 14.5. The van der Waals surface area contributed by atoms with Crippen LogP contribution in [0.25, 0.3) is 22.5 Å². The van der Waals surface area contributed by atoms with Crippen LogP contribution in [-0.4, -0.2) is 39.4 Å². The zero-order valence-electron chi connectivity index (χ0n) is 15.8. The molecule has 150 valence electrons. The number of rotatable bonds is 5. The lowest BCUT2D eigenvalue weighted by Gasteiger charge is -2.11. The molecule has 2 aromatic heterocycles. The van der Waals surface area contributed by atoms with E-state index in [0.29, 0.717) is 17.8 Å². The molecule has 4 rings (SSSR count). The number of amides is 2. The van der Waals surface area contributed by atoms with Crippen molar-refractivity contribution in [3.05, 3.63) is 72.1 Å². The maximum atomic E-state index is 12.0. The van der Waals surface area contributed by atoms with Crippen LogP contribution >= 0.6 is 0 Å². The molecule has 8 heteroatoms. The lowest BCUT2D eigenvalue weighted by atomic mass is 10.1. The van der Waals surface area contributed by atoms with E-state index >= 15 is 0 Å². The minimum atomic E-state index is -1.19. The first-order valence-electron chi connectivity index (χ1n) is 9.28. The lowest BCUT2D eigenvalue weighted by molar-refractivity contribution is -0.131. The number of hydrogen-bond donors (Lipinski definition) is 4. The van der Waals surface area contributed by atoms with Crippen LogP contribution in [-0.2, 0) is 16.0 Å². The molecule has 0 atom stereocenters. The van der Waals surface area contributed by atoms with E-state index in [0.717, 1.165) is 46.8 Å². The summed E-state index contributed by atoms with van der Waals surface area (Å²) in [5, 5.41) is 14.0. The SMILES string of the molecule is O=C(O)C=CC(=O)Nc1ccc(-c2cc(-c3cc4c([nH]3)CCNC4=O)ccn2)cc1. The van der Waals surface area contributed by atoms with Crippen molar-refractivity contribution in [1.29, 1.82) is 0 Å². The fourth-order valence-electron chi connectivity index (χ4n) is 3.26. The van der Waals surface area contributed by atoms with Gasteiger partial charge < -0.3 is 20.7 Å². The number of nitrogens with one attached hydrogen (secondary N) is 3. The van der Waals surface area contributed by atoms with Gasteiger partial charge in [0.05, 0.1) is 11.3 Å². The van der Waals surface area contributed by atoms with Crippen molar-refractivity contribution in [2.75, 3.05) is 11.9 Å². The molecule has 3 aromatic rings. The average molecular weight is 402 g/mol. The number of anilines is 1. The molecule has 0 unspecified atom stereocenters. The molecule has 8 nitrogen and oxygen atoms in total. The average Bonchev–Trinajstić information content (AvgIpc) is 3.19. The Balaban J connectivity index is 1.54. The number of nitrogens with zero attached hydrogens (tertiary/aromatic N) is 1. The van der Waals surface area contributed by atoms with E-state index in [1.54, 1.807) is 18.3 Å². The van der Waals surface area contributed by atoms with Crippen LogP contribution in [0.15, 0.2) is 60.8 Å². The highest BCUT2D eigenvalue weighted by Crippen LogP contribution is 2.27. The monoisotopic (exact) mass is 402 g/mol. The second-order valence-corrected chi connectivity index (χ2v) is 6.75. The highest BCUT2D eigenvalue weighted by Gasteiger charge is 2.20. The second kappa shape index (κ2) is 8.04. The summed E-state index contributed by atoms with van der Waals surface area (Å²) in [4.78, 5) is 41.9. The van der Waals surface area contributed by atoms with Gasteiger partial charge >= 0.3 is 5.97 Å². The number of hydrogen-bond acceptors (Lipinski definition) is 4. The molecule has 0 aliphatic carbocycles. The van der Waals surface area contributed by atoms with Crippen LogP contribution in [0, 0.1) is 0 Å². The van der Waals surface area contributed by atoms with Crippen molar-refractivity contribution in [2.24, 2.45) is 0 Å². The van der Waals surface area contributed by atoms with Crippen LogP contribution in [0.5, 0.6) is 0 Å². The van der Waals surface area contributed by atoms with Crippen molar-refractivity contribution in [3.63, 3.8) is 0 Å². The number of aliphatic carboxylic acids is 1. The normalized spacial score (nSPS) is 13.0. The maximum Gasteiger partial charge on any atom is 0.328 e. The van der Waals surface area contributed by atoms with E-state index < -0.39 is 11.9 Å². The molecule has 1 aromatic carbocycles. The molecule has 1 aliphatic heterocycles. The summed E-state index contributed by atoms with van der Waals surface area (Å²) in [5.41, 5.74) is 5.51. The number of pyridine rings is 1. The molecular weight excluding hydrogens is 384 g/mol. The second-order valence-electron chi connectivity index (χ2n) is 6.75. The van der Waals surface area contributed by atoms with Crippen molar-refractivity contribution in [1.82, 2.24) is 15.3 Å². The van der Waals surface area contributed by atoms with Crippen molar-refractivity contribution in [2.45, 2.75) is 6.42 Å². The quantitative estimate of drug-likeness (QED) is 0.489. The van der Waals surface area contributed by atoms with Crippen LogP contribution in [0.2, 0.25) is 0 Å². The van der Waals surface area contributed by atoms with Gasteiger partial charge in [-0.25, -0.2) is 4.79 Å². The van der Waals surface area contributed by atoms with Crippen molar-refractivity contribution in [3.8, 4) is 22.5 Å². The Morgan fingerprint density at radius 3 is 2.60 bits per heavy atom. The van der Waals surface area contributed by atoms with E-state index in [2.05, 4.69) is 20.6 Å². The molecule has 4 N–H and O–H groups in total. The summed E-state index contributed by atoms with van der Waals surface area (Å²) in [5.74, 6) is -1.77. The fourth-order valence-corrected chi connectivity index (χ4v) is 3.26. The zero-order valence-corrected chi connectivity index (χ0v) is 15.8. The van der Waals surface area contributed by atoms with Gasteiger partial charge in [-0.05, 0) is 30.3 Å². The molecule has 0 saturated heterocycles. The van der Waals surface area contributed by atoms with Gasteiger partial charge in [-0.3, -0.25) is 14.6 Å². The molecule has 0 radical (unpaired) electrons. The van der Waals surface area contributed by atoms with Crippen LogP contribution < -0.4 is 10.6 Å². The molecule has 0 saturated carbocycles. The predicted molar refractivity (Wildman–Crippen MR) is 111 cm³/mol. The van der Waals surface area contributed by atoms with E-state index in [1.807, 2.05) is 30.3 Å². The highest BCUT2D eigenvalue weighted by molar-refractivity contribution is 6.02. The largest absolute Gasteiger partial charge is 0.478 e. The molecule has 1 aliphatic rings. The van der Waals surface area contributed by atoms with Gasteiger partial charge in [-0.2, -0.15) is 0 Å². The molecule has 0 fully saturated rings. The molecule has 0 bridgehead atoms. The molecular formula is C22H18N4O4. The Bertz CT molecular complexity index is 1160. The Morgan fingerprint density at radius 1 is 1.07 bits per heavy atom. The minimum Gasteiger partial charge on any atom is -0.478 e. The van der Waals surface area contributed by atoms with Crippen LogP contribution in [0.1, 0.15) is 16.1 Å². The van der Waals surface area contributed by atoms with Crippen LogP contribution in [0.3, 0.4) is 0 Å². The molecule has 3 heterocycles. The number of carboxylic acid groups (broad SMARTS) is 1. The third-order valence-electron chi connectivity index (χ3n) is 4.70. The Hall–Kier alpha value is -4.20. The van der Waals surface area contributed by atoms with Gasteiger partial charge in [0.25, 0.3) is 5.91 Å². The summed E-state index contributed by atoms with van der Waals surface area (Å²) in [6.45, 7) is 0.627. The third-order valence-corrected chi connectivity index (χ3v) is 4.70. The smallest absolute Gasteiger partial charge is 0.328 e. The standard InChI is InChI=1S/C22H18N4O4/c27-20(5-6-21(28)29)25-15-3-1-13(2-4-15)18-11-14(7-9-23-18)19-12-16-17(26-19)8-10-24-22(16)30/h1-7,9,11-12,26H,8,10H2,(H,24,30)(H,25,27)(H,28,29). The number of aromatic nitrogens is 2. The number of carboxylic acids is 1.